The van der Waals surface area contributed by atoms with E-state index in [-0.39, 0.29) is 12.1 Å². The van der Waals surface area contributed by atoms with Crippen LogP contribution in [0, 0.1) is 6.92 Å². The number of halogens is 1. The number of anilines is 2. The smallest absolute Gasteiger partial charge is 0.262 e. The van der Waals surface area contributed by atoms with E-state index in [4.69, 9.17) is 0 Å². The fraction of sp³-hybridized carbons (Fsp3) is 0.107. The van der Waals surface area contributed by atoms with Crippen molar-refractivity contribution < 1.29 is 4.79 Å². The molecule has 0 fully saturated rings. The van der Waals surface area contributed by atoms with Crippen LogP contribution in [0.3, 0.4) is 0 Å². The fourth-order valence-corrected chi connectivity index (χ4v) is 4.81. The molecule has 0 unspecified atom stereocenters. The molecular formula is C28H23BrN2O. The van der Waals surface area contributed by atoms with Crippen LogP contribution in [0.15, 0.2) is 108 Å². The van der Waals surface area contributed by atoms with Crippen molar-refractivity contribution in [3.05, 3.63) is 130 Å². The van der Waals surface area contributed by atoms with Gasteiger partial charge in [0, 0.05) is 22.3 Å². The second-order valence-corrected chi connectivity index (χ2v) is 8.89. The molecule has 32 heavy (non-hydrogen) atoms. The summed E-state index contributed by atoms with van der Waals surface area (Å²) in [6.07, 6.45) is -0.295. The van der Waals surface area contributed by atoms with Crippen LogP contribution in [0.25, 0.3) is 0 Å². The summed E-state index contributed by atoms with van der Waals surface area (Å²) in [7, 11) is 0. The Morgan fingerprint density at radius 2 is 1.44 bits per heavy atom. The van der Waals surface area contributed by atoms with E-state index in [1.54, 1.807) is 0 Å². The molecule has 3 nitrogen and oxygen atoms in total. The van der Waals surface area contributed by atoms with Gasteiger partial charge in [-0.05, 0) is 42.8 Å². The number of rotatable bonds is 4. The lowest BCUT2D eigenvalue weighted by Crippen LogP contribution is -2.49. The number of benzene rings is 4. The Morgan fingerprint density at radius 1 is 0.781 bits per heavy atom. The van der Waals surface area contributed by atoms with Crippen molar-refractivity contribution in [2.45, 2.75) is 19.6 Å². The first kappa shape index (κ1) is 20.5. The number of carbonyl (C=O) groups excluding carboxylic acids is 1. The molecule has 4 aromatic carbocycles. The van der Waals surface area contributed by atoms with Crippen LogP contribution in [0.1, 0.15) is 33.2 Å². The largest absolute Gasteiger partial charge is 0.342 e. The fourth-order valence-electron chi connectivity index (χ4n) is 4.32. The van der Waals surface area contributed by atoms with Gasteiger partial charge < -0.3 is 4.90 Å². The third-order valence-electron chi connectivity index (χ3n) is 5.89. The van der Waals surface area contributed by atoms with Gasteiger partial charge in [0.15, 0.2) is 0 Å². The lowest BCUT2D eigenvalue weighted by molar-refractivity contribution is 0.0968. The second kappa shape index (κ2) is 8.64. The van der Waals surface area contributed by atoms with Crippen molar-refractivity contribution in [2.24, 2.45) is 0 Å². The topological polar surface area (TPSA) is 23.6 Å². The number of para-hydroxylation sites is 1. The monoisotopic (exact) mass is 482 g/mol. The molecule has 0 saturated heterocycles. The van der Waals surface area contributed by atoms with E-state index in [1.165, 1.54) is 5.56 Å². The van der Waals surface area contributed by atoms with Gasteiger partial charge in [-0.1, -0.05) is 94.3 Å². The van der Waals surface area contributed by atoms with E-state index in [9.17, 15) is 4.79 Å². The minimum absolute atomic E-state index is 0.00881. The van der Waals surface area contributed by atoms with E-state index in [1.807, 2.05) is 65.6 Å². The first-order valence-corrected chi connectivity index (χ1v) is 11.5. The molecule has 1 amide bonds. The van der Waals surface area contributed by atoms with Crippen molar-refractivity contribution in [3.63, 3.8) is 0 Å². The number of carbonyl (C=O) groups is 1. The summed E-state index contributed by atoms with van der Waals surface area (Å²) >= 11 is 3.75. The summed E-state index contributed by atoms with van der Waals surface area (Å²) in [4.78, 5) is 18.1. The Balaban J connectivity index is 1.74. The van der Waals surface area contributed by atoms with E-state index in [0.717, 1.165) is 27.0 Å². The molecular weight excluding hydrogens is 460 g/mol. The van der Waals surface area contributed by atoms with Crippen LogP contribution in [0.4, 0.5) is 11.4 Å². The maximum absolute atomic E-state index is 13.9. The van der Waals surface area contributed by atoms with Gasteiger partial charge in [-0.25, -0.2) is 0 Å². The quantitative estimate of drug-likeness (QED) is 0.309. The normalized spacial score (nSPS) is 15.6. The molecule has 158 valence electrons. The highest BCUT2D eigenvalue weighted by molar-refractivity contribution is 9.10. The molecule has 0 saturated carbocycles. The van der Waals surface area contributed by atoms with Gasteiger partial charge in [0.1, 0.15) is 6.17 Å². The minimum atomic E-state index is -0.295. The highest BCUT2D eigenvalue weighted by atomic mass is 79.9. The Kier molecular flexibility index (Phi) is 5.54. The number of amides is 1. The lowest BCUT2D eigenvalue weighted by Gasteiger charge is -2.46. The van der Waals surface area contributed by atoms with Gasteiger partial charge in [0.2, 0.25) is 0 Å². The standard InChI is InChI=1S/C28H23BrN2O/c1-20-15-17-22(18-16-20)31-27(23-11-5-7-13-25(23)29)30(19-21-9-3-2-4-10-21)26-14-8-6-12-24(26)28(31)32/h2-18,27H,19H2,1H3/t27-/m1/s1. The average molecular weight is 483 g/mol. The van der Waals surface area contributed by atoms with E-state index < -0.39 is 0 Å². The summed E-state index contributed by atoms with van der Waals surface area (Å²) in [5.74, 6) is 0.00881. The predicted octanol–water partition coefficient (Wildman–Crippen LogP) is 7.12. The molecule has 4 heteroatoms. The Bertz CT molecular complexity index is 1250. The van der Waals surface area contributed by atoms with Crippen molar-refractivity contribution in [1.82, 2.24) is 0 Å². The van der Waals surface area contributed by atoms with Crippen molar-refractivity contribution in [1.29, 1.82) is 0 Å². The first-order valence-electron chi connectivity index (χ1n) is 10.7. The number of aryl methyl sites for hydroxylation is 1. The summed E-state index contributed by atoms with van der Waals surface area (Å²) in [5, 5.41) is 0. The van der Waals surface area contributed by atoms with Gasteiger partial charge in [-0.15, -0.1) is 0 Å². The molecule has 0 aromatic heterocycles. The summed E-state index contributed by atoms with van der Waals surface area (Å²) in [6.45, 7) is 2.74. The van der Waals surface area contributed by atoms with Crippen LogP contribution < -0.4 is 9.80 Å². The first-order chi connectivity index (χ1) is 15.6. The lowest BCUT2D eigenvalue weighted by atomic mass is 9.99. The Morgan fingerprint density at radius 3 is 2.19 bits per heavy atom. The molecule has 1 aliphatic heterocycles. The zero-order valence-corrected chi connectivity index (χ0v) is 19.4. The molecule has 1 aliphatic rings. The minimum Gasteiger partial charge on any atom is -0.342 e. The Hall–Kier alpha value is -3.37. The van der Waals surface area contributed by atoms with Crippen LogP contribution in [-0.2, 0) is 6.54 Å². The molecule has 1 atom stereocenters. The van der Waals surface area contributed by atoms with E-state index in [0.29, 0.717) is 12.1 Å². The van der Waals surface area contributed by atoms with Gasteiger partial charge in [-0.3, -0.25) is 9.69 Å². The van der Waals surface area contributed by atoms with Crippen molar-refractivity contribution >= 4 is 33.2 Å². The van der Waals surface area contributed by atoms with E-state index in [2.05, 4.69) is 70.2 Å². The average Bonchev–Trinajstić information content (AvgIpc) is 2.83. The summed E-state index contributed by atoms with van der Waals surface area (Å²) < 4.78 is 0.979. The number of hydrogen-bond acceptors (Lipinski definition) is 2. The van der Waals surface area contributed by atoms with Crippen molar-refractivity contribution in [2.75, 3.05) is 9.80 Å². The van der Waals surface area contributed by atoms with Crippen molar-refractivity contribution in [3.8, 4) is 0 Å². The SMILES string of the molecule is Cc1ccc(N2C(=O)c3ccccc3N(Cc3ccccc3)[C@H]2c2ccccc2Br)cc1. The summed E-state index contributed by atoms with van der Waals surface area (Å²) in [5.41, 5.74) is 5.95. The van der Waals surface area contributed by atoms with Gasteiger partial charge >= 0.3 is 0 Å². The molecule has 4 aromatic rings. The second-order valence-electron chi connectivity index (χ2n) is 8.04. The highest BCUT2D eigenvalue weighted by Gasteiger charge is 2.40. The zero-order valence-electron chi connectivity index (χ0n) is 17.8. The van der Waals surface area contributed by atoms with Gasteiger partial charge in [-0.2, -0.15) is 0 Å². The number of hydrogen-bond donors (Lipinski definition) is 0. The predicted molar refractivity (Wildman–Crippen MR) is 134 cm³/mol. The van der Waals surface area contributed by atoms with Crippen LogP contribution in [0.2, 0.25) is 0 Å². The molecule has 5 rings (SSSR count). The molecule has 1 heterocycles. The Labute approximate surface area is 197 Å². The third-order valence-corrected chi connectivity index (χ3v) is 6.62. The molecule has 0 spiro atoms. The van der Waals surface area contributed by atoms with Crippen LogP contribution in [0.5, 0.6) is 0 Å². The van der Waals surface area contributed by atoms with Crippen LogP contribution in [-0.4, -0.2) is 5.91 Å². The number of nitrogens with zero attached hydrogens (tertiary/aromatic N) is 2. The maximum Gasteiger partial charge on any atom is 0.262 e. The maximum atomic E-state index is 13.9. The number of fused-ring (bicyclic) bond motifs is 1. The zero-order chi connectivity index (χ0) is 22.1. The molecule has 0 N–H and O–H groups in total. The summed E-state index contributed by atoms with van der Waals surface area (Å²) in [6, 6.07) is 34.7. The van der Waals surface area contributed by atoms with Gasteiger partial charge in [0.25, 0.3) is 5.91 Å². The van der Waals surface area contributed by atoms with Gasteiger partial charge in [0.05, 0.1) is 11.3 Å². The molecule has 0 aliphatic carbocycles. The molecule has 0 radical (unpaired) electrons. The highest BCUT2D eigenvalue weighted by Crippen LogP contribution is 2.43. The molecule has 0 bridgehead atoms. The third kappa shape index (κ3) is 3.71. The van der Waals surface area contributed by atoms with E-state index >= 15 is 0 Å². The van der Waals surface area contributed by atoms with Crippen LogP contribution >= 0.6 is 15.9 Å².